The van der Waals surface area contributed by atoms with Crippen molar-refractivity contribution in [3.05, 3.63) is 35.9 Å². The number of rotatable bonds is 6. The van der Waals surface area contributed by atoms with Gasteiger partial charge in [-0.1, -0.05) is 37.3 Å². The van der Waals surface area contributed by atoms with Gasteiger partial charge in [0.1, 0.15) is 0 Å². The molecule has 1 atom stereocenters. The van der Waals surface area contributed by atoms with Crippen molar-refractivity contribution in [3.63, 3.8) is 0 Å². The molecule has 1 unspecified atom stereocenters. The Bertz CT molecular complexity index is 617. The predicted octanol–water partition coefficient (Wildman–Crippen LogP) is 1.11. The number of halogens is 1. The fourth-order valence-electron chi connectivity index (χ4n) is 2.60. The molecule has 1 aliphatic rings. The monoisotopic (exact) mass is 375 g/mol. The molecule has 3 N–H and O–H groups in total. The van der Waals surface area contributed by atoms with Crippen LogP contribution in [0.25, 0.3) is 0 Å². The van der Waals surface area contributed by atoms with Gasteiger partial charge in [0.05, 0.1) is 5.75 Å². The zero-order valence-corrected chi connectivity index (χ0v) is 15.5. The lowest BCUT2D eigenvalue weighted by atomic mass is 10.1. The Hall–Kier alpha value is -1.15. The molecule has 1 fully saturated rings. The van der Waals surface area contributed by atoms with Crippen molar-refractivity contribution in [1.82, 2.24) is 9.62 Å². The first-order valence-electron chi connectivity index (χ1n) is 7.94. The van der Waals surface area contributed by atoms with E-state index in [2.05, 4.69) is 5.32 Å². The highest BCUT2D eigenvalue weighted by Crippen LogP contribution is 2.18. The SMILES string of the molecule is CC(CN)C(=O)NC1CCN(S(=O)(=O)Cc2ccccc2)CC1.Cl. The van der Waals surface area contributed by atoms with Crippen molar-refractivity contribution in [2.45, 2.75) is 31.6 Å². The molecule has 0 saturated carbocycles. The zero-order valence-electron chi connectivity index (χ0n) is 13.8. The van der Waals surface area contributed by atoms with E-state index in [0.29, 0.717) is 32.5 Å². The van der Waals surface area contributed by atoms with E-state index < -0.39 is 10.0 Å². The van der Waals surface area contributed by atoms with E-state index in [1.165, 1.54) is 4.31 Å². The minimum absolute atomic E-state index is 0. The summed E-state index contributed by atoms with van der Waals surface area (Å²) >= 11 is 0. The molecular weight excluding hydrogens is 350 g/mol. The number of carbonyl (C=O) groups is 1. The van der Waals surface area contributed by atoms with Gasteiger partial charge in [-0.15, -0.1) is 12.4 Å². The highest BCUT2D eigenvalue weighted by molar-refractivity contribution is 7.88. The third kappa shape index (κ3) is 5.73. The van der Waals surface area contributed by atoms with Gasteiger partial charge < -0.3 is 11.1 Å². The molecule has 136 valence electrons. The van der Waals surface area contributed by atoms with E-state index in [1.807, 2.05) is 30.3 Å². The number of piperidine rings is 1. The molecule has 0 aliphatic carbocycles. The second kappa shape index (κ2) is 9.36. The van der Waals surface area contributed by atoms with Gasteiger partial charge in [0.15, 0.2) is 0 Å². The number of amides is 1. The number of nitrogens with zero attached hydrogens (tertiary/aromatic N) is 1. The van der Waals surface area contributed by atoms with Crippen molar-refractivity contribution in [2.75, 3.05) is 19.6 Å². The standard InChI is InChI=1S/C16H25N3O3S.ClH/c1-13(11-17)16(20)18-15-7-9-19(10-8-15)23(21,22)12-14-5-3-2-4-6-14;/h2-6,13,15H,7-12,17H2,1H3,(H,18,20);1H. The third-order valence-corrected chi connectivity index (χ3v) is 6.04. The highest BCUT2D eigenvalue weighted by Gasteiger charge is 2.29. The second-order valence-electron chi connectivity index (χ2n) is 6.06. The Morgan fingerprint density at radius 3 is 2.42 bits per heavy atom. The van der Waals surface area contributed by atoms with Gasteiger partial charge in [-0.2, -0.15) is 0 Å². The van der Waals surface area contributed by atoms with Crippen LogP contribution >= 0.6 is 12.4 Å². The number of nitrogens with two attached hydrogens (primary N) is 1. The summed E-state index contributed by atoms with van der Waals surface area (Å²) in [5, 5.41) is 2.95. The molecule has 1 amide bonds. The van der Waals surface area contributed by atoms with Crippen LogP contribution < -0.4 is 11.1 Å². The highest BCUT2D eigenvalue weighted by atomic mass is 35.5. The van der Waals surface area contributed by atoms with Crippen LogP contribution in [0.5, 0.6) is 0 Å². The van der Waals surface area contributed by atoms with E-state index in [1.54, 1.807) is 6.92 Å². The number of hydrogen-bond donors (Lipinski definition) is 2. The molecular formula is C16H26ClN3O3S. The third-order valence-electron chi connectivity index (χ3n) is 4.19. The van der Waals surface area contributed by atoms with Crippen LogP contribution in [-0.2, 0) is 20.6 Å². The number of hydrogen-bond acceptors (Lipinski definition) is 4. The lowest BCUT2D eigenvalue weighted by Gasteiger charge is -2.32. The largest absolute Gasteiger partial charge is 0.353 e. The van der Waals surface area contributed by atoms with E-state index >= 15 is 0 Å². The number of nitrogens with one attached hydrogen (secondary N) is 1. The quantitative estimate of drug-likeness (QED) is 0.779. The summed E-state index contributed by atoms with van der Waals surface area (Å²) < 4.78 is 26.4. The van der Waals surface area contributed by atoms with Gasteiger partial charge in [-0.3, -0.25) is 4.79 Å². The summed E-state index contributed by atoms with van der Waals surface area (Å²) in [7, 11) is -3.31. The van der Waals surface area contributed by atoms with Crippen molar-refractivity contribution in [1.29, 1.82) is 0 Å². The van der Waals surface area contributed by atoms with Gasteiger partial charge in [0.2, 0.25) is 15.9 Å². The minimum atomic E-state index is -3.31. The Kier molecular flexibility index (Phi) is 8.15. The molecule has 1 aliphatic heterocycles. The predicted molar refractivity (Wildman–Crippen MR) is 97.3 cm³/mol. The summed E-state index contributed by atoms with van der Waals surface area (Å²) in [6.07, 6.45) is 1.27. The van der Waals surface area contributed by atoms with Gasteiger partial charge in [-0.25, -0.2) is 12.7 Å². The molecule has 1 aromatic carbocycles. The summed E-state index contributed by atoms with van der Waals surface area (Å²) in [4.78, 5) is 11.8. The first-order chi connectivity index (χ1) is 10.9. The van der Waals surface area contributed by atoms with Crippen molar-refractivity contribution in [3.8, 4) is 0 Å². The fourth-order valence-corrected chi connectivity index (χ4v) is 4.17. The van der Waals surface area contributed by atoms with Crippen LogP contribution in [0.3, 0.4) is 0 Å². The lowest BCUT2D eigenvalue weighted by Crippen LogP contribution is -2.48. The van der Waals surface area contributed by atoms with E-state index in [0.717, 1.165) is 5.56 Å². The molecule has 0 radical (unpaired) electrons. The number of sulfonamides is 1. The Morgan fingerprint density at radius 2 is 1.88 bits per heavy atom. The summed E-state index contributed by atoms with van der Waals surface area (Å²) in [5.41, 5.74) is 6.27. The van der Waals surface area contributed by atoms with E-state index in [-0.39, 0.29) is 36.0 Å². The van der Waals surface area contributed by atoms with Gasteiger partial charge in [-0.05, 0) is 18.4 Å². The number of benzene rings is 1. The van der Waals surface area contributed by atoms with Crippen molar-refractivity contribution < 1.29 is 13.2 Å². The first kappa shape index (κ1) is 20.9. The van der Waals surface area contributed by atoms with Gasteiger partial charge in [0.25, 0.3) is 0 Å². The van der Waals surface area contributed by atoms with Crippen LogP contribution in [0.15, 0.2) is 30.3 Å². The Labute approximate surface area is 150 Å². The summed E-state index contributed by atoms with van der Waals surface area (Å²) in [5.74, 6) is -0.248. The molecule has 0 spiro atoms. The average Bonchev–Trinajstić information content (AvgIpc) is 2.55. The fraction of sp³-hybridized carbons (Fsp3) is 0.562. The average molecular weight is 376 g/mol. The molecule has 24 heavy (non-hydrogen) atoms. The van der Waals surface area contributed by atoms with E-state index in [9.17, 15) is 13.2 Å². The zero-order chi connectivity index (χ0) is 16.9. The molecule has 1 saturated heterocycles. The second-order valence-corrected chi connectivity index (χ2v) is 8.03. The molecule has 2 rings (SSSR count). The maximum absolute atomic E-state index is 12.5. The smallest absolute Gasteiger partial charge is 0.224 e. The Balaban J connectivity index is 0.00000288. The van der Waals surface area contributed by atoms with Crippen LogP contribution in [0, 0.1) is 5.92 Å². The first-order valence-corrected chi connectivity index (χ1v) is 9.55. The molecule has 6 nitrogen and oxygen atoms in total. The van der Waals surface area contributed by atoms with Crippen LogP contribution in [0.1, 0.15) is 25.3 Å². The lowest BCUT2D eigenvalue weighted by molar-refractivity contribution is -0.125. The van der Waals surface area contributed by atoms with Gasteiger partial charge in [0, 0.05) is 31.6 Å². The summed E-state index contributed by atoms with van der Waals surface area (Å²) in [6, 6.07) is 9.21. The normalized spacial score (nSPS) is 17.8. The topological polar surface area (TPSA) is 92.5 Å². The maximum Gasteiger partial charge on any atom is 0.224 e. The van der Waals surface area contributed by atoms with Crippen LogP contribution in [0.2, 0.25) is 0 Å². The maximum atomic E-state index is 12.5. The number of carbonyl (C=O) groups excluding carboxylic acids is 1. The van der Waals surface area contributed by atoms with Crippen LogP contribution in [-0.4, -0.2) is 44.3 Å². The Morgan fingerprint density at radius 1 is 1.29 bits per heavy atom. The molecule has 8 heteroatoms. The molecule has 0 bridgehead atoms. The molecule has 1 heterocycles. The summed E-state index contributed by atoms with van der Waals surface area (Å²) in [6.45, 7) is 2.99. The van der Waals surface area contributed by atoms with Crippen LogP contribution in [0.4, 0.5) is 0 Å². The molecule has 0 aromatic heterocycles. The van der Waals surface area contributed by atoms with E-state index in [4.69, 9.17) is 5.73 Å². The van der Waals surface area contributed by atoms with Gasteiger partial charge >= 0.3 is 0 Å². The van der Waals surface area contributed by atoms with Crippen molar-refractivity contribution >= 4 is 28.3 Å². The minimum Gasteiger partial charge on any atom is -0.353 e. The molecule has 1 aromatic rings. The van der Waals surface area contributed by atoms with Crippen molar-refractivity contribution in [2.24, 2.45) is 11.7 Å².